The normalized spacial score (nSPS) is 10.5. The number of amides is 1. The van der Waals surface area contributed by atoms with Crippen LogP contribution in [0.2, 0.25) is 0 Å². The van der Waals surface area contributed by atoms with E-state index in [0.29, 0.717) is 29.3 Å². The first-order valence-electron chi connectivity index (χ1n) is 6.91. The Morgan fingerprint density at radius 3 is 2.68 bits per heavy atom. The van der Waals surface area contributed by atoms with Gasteiger partial charge in [0.2, 0.25) is 5.91 Å². The van der Waals surface area contributed by atoms with Crippen molar-refractivity contribution in [3.63, 3.8) is 0 Å². The average molecular weight is 301 g/mol. The summed E-state index contributed by atoms with van der Waals surface area (Å²) in [6, 6.07) is 3.57. The van der Waals surface area contributed by atoms with Crippen molar-refractivity contribution < 1.29 is 9.59 Å². The van der Waals surface area contributed by atoms with Gasteiger partial charge in [-0.2, -0.15) is 5.10 Å². The van der Waals surface area contributed by atoms with Crippen LogP contribution in [0.5, 0.6) is 0 Å². The number of carbonyl (C=O) groups excluding carboxylic acids is 2. The first-order valence-corrected chi connectivity index (χ1v) is 6.91. The molecule has 2 rings (SSSR count). The topological polar surface area (TPSA) is 103 Å². The van der Waals surface area contributed by atoms with Gasteiger partial charge < -0.3 is 11.1 Å². The summed E-state index contributed by atoms with van der Waals surface area (Å²) in [4.78, 5) is 27.5. The largest absolute Gasteiger partial charge is 0.383 e. The molecule has 3 N–H and O–H groups in total. The number of nitrogens with zero attached hydrogens (tertiary/aromatic N) is 3. The standard InChI is InChI=1S/C15H19N5O2/c1-9-14(11(3)21)10(2)20(19-9)8-13(22)18-7-12-5-4-6-17-15(12)16/h4-6H,7-8H2,1-3H3,(H2,16,17)(H,18,22). The Labute approximate surface area is 128 Å². The van der Waals surface area contributed by atoms with E-state index in [2.05, 4.69) is 15.4 Å². The maximum atomic E-state index is 12.0. The highest BCUT2D eigenvalue weighted by Crippen LogP contribution is 2.13. The van der Waals surface area contributed by atoms with Crippen LogP contribution in [0.15, 0.2) is 18.3 Å². The Bertz CT molecular complexity index is 721. The van der Waals surface area contributed by atoms with Gasteiger partial charge in [0.15, 0.2) is 5.78 Å². The minimum Gasteiger partial charge on any atom is -0.383 e. The van der Waals surface area contributed by atoms with Crippen molar-refractivity contribution in [3.8, 4) is 0 Å². The number of hydrogen-bond donors (Lipinski definition) is 2. The number of carbonyl (C=O) groups is 2. The lowest BCUT2D eigenvalue weighted by Crippen LogP contribution is -2.28. The smallest absolute Gasteiger partial charge is 0.242 e. The monoisotopic (exact) mass is 301 g/mol. The summed E-state index contributed by atoms with van der Waals surface area (Å²) in [5.74, 6) is 0.140. The SMILES string of the molecule is CC(=O)c1c(C)nn(CC(=O)NCc2cccnc2N)c1C. The first kappa shape index (κ1) is 15.7. The Hall–Kier alpha value is -2.70. The maximum Gasteiger partial charge on any atom is 0.242 e. The van der Waals surface area contributed by atoms with E-state index in [1.54, 1.807) is 32.2 Å². The summed E-state index contributed by atoms with van der Waals surface area (Å²) in [7, 11) is 0. The highest BCUT2D eigenvalue weighted by Gasteiger charge is 2.16. The second-order valence-electron chi connectivity index (χ2n) is 5.08. The molecule has 22 heavy (non-hydrogen) atoms. The van der Waals surface area contributed by atoms with Crippen molar-refractivity contribution in [2.24, 2.45) is 0 Å². The molecule has 2 heterocycles. The highest BCUT2D eigenvalue weighted by atomic mass is 16.2. The second kappa shape index (κ2) is 6.38. The van der Waals surface area contributed by atoms with Crippen LogP contribution in [0.1, 0.15) is 34.2 Å². The molecule has 0 spiro atoms. The number of hydrogen-bond acceptors (Lipinski definition) is 5. The quantitative estimate of drug-likeness (QED) is 0.802. The molecule has 7 nitrogen and oxygen atoms in total. The van der Waals surface area contributed by atoms with Crippen LogP contribution < -0.4 is 11.1 Å². The van der Waals surface area contributed by atoms with E-state index in [4.69, 9.17) is 5.73 Å². The fourth-order valence-electron chi connectivity index (χ4n) is 2.35. The molecule has 7 heteroatoms. The van der Waals surface area contributed by atoms with Crippen molar-refractivity contribution >= 4 is 17.5 Å². The summed E-state index contributed by atoms with van der Waals surface area (Å²) in [5, 5.41) is 7.01. The second-order valence-corrected chi connectivity index (χ2v) is 5.08. The lowest BCUT2D eigenvalue weighted by atomic mass is 10.1. The number of ketones is 1. The van der Waals surface area contributed by atoms with Gasteiger partial charge in [0.25, 0.3) is 0 Å². The zero-order chi connectivity index (χ0) is 16.3. The number of pyridine rings is 1. The maximum absolute atomic E-state index is 12.0. The Morgan fingerprint density at radius 2 is 2.09 bits per heavy atom. The zero-order valence-electron chi connectivity index (χ0n) is 12.9. The average Bonchev–Trinajstić information content (AvgIpc) is 2.72. The van der Waals surface area contributed by atoms with Gasteiger partial charge in [0, 0.05) is 24.0 Å². The Balaban J connectivity index is 2.03. The fourth-order valence-corrected chi connectivity index (χ4v) is 2.35. The van der Waals surface area contributed by atoms with Crippen molar-refractivity contribution in [2.75, 3.05) is 5.73 Å². The molecule has 0 bridgehead atoms. The van der Waals surface area contributed by atoms with Gasteiger partial charge in [-0.15, -0.1) is 0 Å². The zero-order valence-corrected chi connectivity index (χ0v) is 12.9. The summed E-state index contributed by atoms with van der Waals surface area (Å²) in [6.45, 7) is 5.39. The Morgan fingerprint density at radius 1 is 1.36 bits per heavy atom. The number of nitrogen functional groups attached to an aromatic ring is 1. The minimum absolute atomic E-state index is 0.0511. The van der Waals surface area contributed by atoms with Crippen LogP contribution in [-0.4, -0.2) is 26.5 Å². The molecule has 0 aliphatic heterocycles. The molecule has 0 aliphatic carbocycles. The molecule has 1 amide bonds. The van der Waals surface area contributed by atoms with Gasteiger partial charge in [-0.05, 0) is 26.8 Å². The third-order valence-electron chi connectivity index (χ3n) is 3.43. The number of aromatic nitrogens is 3. The van der Waals surface area contributed by atoms with Crippen molar-refractivity contribution in [1.82, 2.24) is 20.1 Å². The predicted molar refractivity (Wildman–Crippen MR) is 82.2 cm³/mol. The van der Waals surface area contributed by atoms with Gasteiger partial charge in [-0.1, -0.05) is 6.07 Å². The number of Topliss-reactive ketones (excluding diaryl/α,β-unsaturated/α-hetero) is 1. The van der Waals surface area contributed by atoms with Crippen molar-refractivity contribution in [1.29, 1.82) is 0 Å². The van der Waals surface area contributed by atoms with Gasteiger partial charge in [0.05, 0.1) is 11.3 Å². The molecule has 0 atom stereocenters. The molecular formula is C15H19N5O2. The molecule has 2 aromatic rings. The van der Waals surface area contributed by atoms with E-state index in [1.165, 1.54) is 11.6 Å². The van der Waals surface area contributed by atoms with E-state index in [-0.39, 0.29) is 18.2 Å². The lowest BCUT2D eigenvalue weighted by molar-refractivity contribution is -0.122. The van der Waals surface area contributed by atoms with Gasteiger partial charge in [-0.3, -0.25) is 14.3 Å². The van der Waals surface area contributed by atoms with E-state index < -0.39 is 0 Å². The van der Waals surface area contributed by atoms with Crippen LogP contribution in [0, 0.1) is 13.8 Å². The summed E-state index contributed by atoms with van der Waals surface area (Å²) >= 11 is 0. The molecule has 2 aromatic heterocycles. The van der Waals surface area contributed by atoms with E-state index in [1.807, 2.05) is 0 Å². The number of nitrogens with two attached hydrogens (primary N) is 1. The van der Waals surface area contributed by atoms with Crippen molar-refractivity contribution in [2.45, 2.75) is 33.9 Å². The van der Waals surface area contributed by atoms with E-state index >= 15 is 0 Å². The van der Waals surface area contributed by atoms with E-state index in [9.17, 15) is 9.59 Å². The molecule has 0 unspecified atom stereocenters. The number of nitrogens with one attached hydrogen (secondary N) is 1. The number of rotatable bonds is 5. The predicted octanol–water partition coefficient (Wildman–Crippen LogP) is 0.996. The third-order valence-corrected chi connectivity index (χ3v) is 3.43. The van der Waals surface area contributed by atoms with Crippen LogP contribution in [-0.2, 0) is 17.9 Å². The molecular weight excluding hydrogens is 282 g/mol. The van der Waals surface area contributed by atoms with Crippen molar-refractivity contribution in [3.05, 3.63) is 40.8 Å². The molecule has 0 aliphatic rings. The van der Waals surface area contributed by atoms with Gasteiger partial charge in [-0.25, -0.2) is 4.98 Å². The fraction of sp³-hybridized carbons (Fsp3) is 0.333. The molecule has 0 fully saturated rings. The van der Waals surface area contributed by atoms with E-state index in [0.717, 1.165) is 5.56 Å². The minimum atomic E-state index is -0.205. The van der Waals surface area contributed by atoms with Gasteiger partial charge in [0.1, 0.15) is 12.4 Å². The van der Waals surface area contributed by atoms with Crippen LogP contribution in [0.3, 0.4) is 0 Å². The molecule has 116 valence electrons. The molecule has 0 aromatic carbocycles. The van der Waals surface area contributed by atoms with Crippen LogP contribution in [0.4, 0.5) is 5.82 Å². The van der Waals surface area contributed by atoms with Crippen LogP contribution >= 0.6 is 0 Å². The summed E-state index contributed by atoms with van der Waals surface area (Å²) in [6.07, 6.45) is 1.60. The molecule has 0 saturated carbocycles. The molecule has 0 saturated heterocycles. The Kier molecular flexibility index (Phi) is 4.55. The van der Waals surface area contributed by atoms with Gasteiger partial charge >= 0.3 is 0 Å². The third kappa shape index (κ3) is 3.30. The number of aryl methyl sites for hydroxylation is 1. The first-order chi connectivity index (χ1) is 10.4. The summed E-state index contributed by atoms with van der Waals surface area (Å²) in [5.41, 5.74) is 8.38. The summed E-state index contributed by atoms with van der Waals surface area (Å²) < 4.78 is 1.54. The van der Waals surface area contributed by atoms with Crippen LogP contribution in [0.25, 0.3) is 0 Å². The highest BCUT2D eigenvalue weighted by molar-refractivity contribution is 5.96. The lowest BCUT2D eigenvalue weighted by Gasteiger charge is -2.08. The number of anilines is 1. The molecule has 0 radical (unpaired) electrons.